The first-order valence-electron chi connectivity index (χ1n) is 7.68. The first kappa shape index (κ1) is 20.0. The largest absolute Gasteiger partial charge is 0.416 e. The van der Waals surface area contributed by atoms with Gasteiger partial charge in [-0.2, -0.15) is 13.2 Å². The van der Waals surface area contributed by atoms with E-state index in [9.17, 15) is 18.0 Å². The first-order valence-corrected chi connectivity index (χ1v) is 8.06. The highest BCUT2D eigenvalue weighted by Gasteiger charge is 2.31. The maximum atomic E-state index is 12.8. The van der Waals surface area contributed by atoms with Crippen LogP contribution in [0.3, 0.4) is 0 Å². The fourth-order valence-electron chi connectivity index (χ4n) is 2.08. The molecule has 0 unspecified atom stereocenters. The third-order valence-corrected chi connectivity index (χ3v) is 3.75. The number of likely N-dealkylation sites (N-methyl/N-ethyl adjacent to an activating group) is 1. The smallest absolute Gasteiger partial charge is 0.353 e. The quantitative estimate of drug-likeness (QED) is 0.793. The SMILES string of the molecule is CN(C)CCNC(=O)c1cncc(Nc2cc(C(F)(F)F)ccc2Cl)c1. The number of anilines is 2. The van der Waals surface area contributed by atoms with Gasteiger partial charge in [0.1, 0.15) is 0 Å². The van der Waals surface area contributed by atoms with Crippen molar-refractivity contribution in [1.29, 1.82) is 0 Å². The molecule has 140 valence electrons. The average molecular weight is 387 g/mol. The monoisotopic (exact) mass is 386 g/mol. The van der Waals surface area contributed by atoms with Gasteiger partial charge in [-0.1, -0.05) is 11.6 Å². The summed E-state index contributed by atoms with van der Waals surface area (Å²) in [6, 6.07) is 4.47. The van der Waals surface area contributed by atoms with Gasteiger partial charge in [-0.3, -0.25) is 9.78 Å². The van der Waals surface area contributed by atoms with Crippen LogP contribution in [0.15, 0.2) is 36.7 Å². The number of pyridine rings is 1. The molecule has 5 nitrogen and oxygen atoms in total. The molecular weight excluding hydrogens is 369 g/mol. The van der Waals surface area contributed by atoms with E-state index in [-0.39, 0.29) is 22.2 Å². The Morgan fingerprint density at radius 2 is 1.96 bits per heavy atom. The number of nitrogens with one attached hydrogen (secondary N) is 2. The number of benzene rings is 1. The third-order valence-electron chi connectivity index (χ3n) is 3.42. The van der Waals surface area contributed by atoms with E-state index >= 15 is 0 Å². The second-order valence-corrected chi connectivity index (χ2v) is 6.25. The number of hydrogen-bond acceptors (Lipinski definition) is 4. The molecule has 26 heavy (non-hydrogen) atoms. The number of carbonyl (C=O) groups excluding carboxylic acids is 1. The number of rotatable bonds is 6. The van der Waals surface area contributed by atoms with Crippen LogP contribution in [-0.2, 0) is 6.18 Å². The Kier molecular flexibility index (Phi) is 6.44. The molecule has 0 radical (unpaired) electrons. The summed E-state index contributed by atoms with van der Waals surface area (Å²) in [5.41, 5.74) is -0.105. The molecule has 0 atom stereocenters. The fraction of sp³-hybridized carbons (Fsp3) is 0.294. The zero-order valence-electron chi connectivity index (χ0n) is 14.2. The lowest BCUT2D eigenvalue weighted by Gasteiger charge is -2.13. The second-order valence-electron chi connectivity index (χ2n) is 5.84. The van der Waals surface area contributed by atoms with Crippen molar-refractivity contribution in [2.45, 2.75) is 6.18 Å². The summed E-state index contributed by atoms with van der Waals surface area (Å²) >= 11 is 5.96. The lowest BCUT2D eigenvalue weighted by atomic mass is 10.2. The zero-order valence-corrected chi connectivity index (χ0v) is 14.9. The molecule has 2 N–H and O–H groups in total. The molecule has 9 heteroatoms. The van der Waals surface area contributed by atoms with Gasteiger partial charge >= 0.3 is 6.18 Å². The van der Waals surface area contributed by atoms with Crippen molar-refractivity contribution < 1.29 is 18.0 Å². The molecule has 0 saturated carbocycles. The van der Waals surface area contributed by atoms with Gasteiger partial charge in [0.05, 0.1) is 33.7 Å². The molecule has 1 amide bonds. The van der Waals surface area contributed by atoms with Gasteiger partial charge in [-0.15, -0.1) is 0 Å². The maximum Gasteiger partial charge on any atom is 0.416 e. The minimum Gasteiger partial charge on any atom is -0.353 e. The number of halogens is 4. The number of alkyl halides is 3. The van der Waals surface area contributed by atoms with Crippen LogP contribution in [0.1, 0.15) is 15.9 Å². The van der Waals surface area contributed by atoms with Gasteiger partial charge in [-0.25, -0.2) is 0 Å². The van der Waals surface area contributed by atoms with Crippen molar-refractivity contribution in [3.63, 3.8) is 0 Å². The van der Waals surface area contributed by atoms with Crippen LogP contribution in [-0.4, -0.2) is 43.0 Å². The van der Waals surface area contributed by atoms with Gasteiger partial charge in [-0.05, 0) is 38.4 Å². The predicted octanol–water partition coefficient (Wildman–Crippen LogP) is 3.79. The van der Waals surface area contributed by atoms with Gasteiger partial charge in [0.2, 0.25) is 0 Å². The van der Waals surface area contributed by atoms with Crippen LogP contribution in [0.2, 0.25) is 5.02 Å². The minimum atomic E-state index is -4.48. The number of aromatic nitrogens is 1. The number of amides is 1. The summed E-state index contributed by atoms with van der Waals surface area (Å²) < 4.78 is 38.5. The highest BCUT2D eigenvalue weighted by Crippen LogP contribution is 2.34. The number of carbonyl (C=O) groups is 1. The molecule has 2 rings (SSSR count). The summed E-state index contributed by atoms with van der Waals surface area (Å²) in [4.78, 5) is 18.0. The molecule has 2 aromatic rings. The number of hydrogen-bond donors (Lipinski definition) is 2. The van der Waals surface area contributed by atoms with Crippen molar-refractivity contribution in [2.75, 3.05) is 32.5 Å². The second kappa shape index (κ2) is 8.37. The molecule has 0 spiro atoms. The van der Waals surface area contributed by atoms with E-state index in [2.05, 4.69) is 15.6 Å². The van der Waals surface area contributed by atoms with Gasteiger partial charge in [0, 0.05) is 19.3 Å². The van der Waals surface area contributed by atoms with Crippen LogP contribution >= 0.6 is 11.6 Å². The first-order chi connectivity index (χ1) is 12.2. The third kappa shape index (κ3) is 5.60. The fourth-order valence-corrected chi connectivity index (χ4v) is 2.25. The van der Waals surface area contributed by atoms with E-state index < -0.39 is 11.7 Å². The van der Waals surface area contributed by atoms with Crippen LogP contribution < -0.4 is 10.6 Å². The van der Waals surface area contributed by atoms with E-state index in [1.807, 2.05) is 19.0 Å². The molecule has 0 bridgehead atoms. The van der Waals surface area contributed by atoms with Crippen molar-refractivity contribution in [1.82, 2.24) is 15.2 Å². The van der Waals surface area contributed by atoms with Crippen LogP contribution in [0.5, 0.6) is 0 Å². The molecule has 1 aromatic carbocycles. The highest BCUT2D eigenvalue weighted by molar-refractivity contribution is 6.33. The van der Waals surface area contributed by atoms with Crippen LogP contribution in [0.25, 0.3) is 0 Å². The van der Waals surface area contributed by atoms with Gasteiger partial charge in [0.15, 0.2) is 0 Å². The lowest BCUT2D eigenvalue weighted by molar-refractivity contribution is -0.137. The highest BCUT2D eigenvalue weighted by atomic mass is 35.5. The predicted molar refractivity (Wildman–Crippen MR) is 94.9 cm³/mol. The van der Waals surface area contributed by atoms with Gasteiger partial charge < -0.3 is 15.5 Å². The molecule has 0 saturated heterocycles. The van der Waals surface area contributed by atoms with E-state index in [1.165, 1.54) is 18.5 Å². The van der Waals surface area contributed by atoms with Crippen molar-refractivity contribution in [2.24, 2.45) is 0 Å². The summed E-state index contributed by atoms with van der Waals surface area (Å²) in [5.74, 6) is -0.321. The van der Waals surface area contributed by atoms with E-state index in [1.54, 1.807) is 0 Å². The Bertz CT molecular complexity index is 781. The van der Waals surface area contributed by atoms with Crippen molar-refractivity contribution >= 4 is 28.9 Å². The minimum absolute atomic E-state index is 0.0773. The van der Waals surface area contributed by atoms with Crippen molar-refractivity contribution in [3.8, 4) is 0 Å². The Morgan fingerprint density at radius 3 is 2.62 bits per heavy atom. The molecule has 0 aliphatic rings. The van der Waals surface area contributed by atoms with E-state index in [0.717, 1.165) is 18.2 Å². The molecule has 0 aliphatic carbocycles. The van der Waals surface area contributed by atoms with E-state index in [0.29, 0.717) is 18.8 Å². The lowest BCUT2D eigenvalue weighted by Crippen LogP contribution is -2.31. The summed E-state index contributed by atoms with van der Waals surface area (Å²) in [6.45, 7) is 1.14. The standard InChI is InChI=1S/C17H18ClF3N4O/c1-25(2)6-5-23-16(26)11-7-13(10-22-9-11)24-15-8-12(17(19,20)21)3-4-14(15)18/h3-4,7-10,24H,5-6H2,1-2H3,(H,23,26). The molecular formula is C17H18ClF3N4O. The molecule has 0 fully saturated rings. The normalized spacial score (nSPS) is 11.5. The summed E-state index contributed by atoms with van der Waals surface area (Å²) in [5, 5.41) is 5.63. The summed E-state index contributed by atoms with van der Waals surface area (Å²) in [6.07, 6.45) is -1.70. The zero-order chi connectivity index (χ0) is 19.3. The molecule has 1 aromatic heterocycles. The van der Waals surface area contributed by atoms with E-state index in [4.69, 9.17) is 11.6 Å². The average Bonchev–Trinajstić information content (AvgIpc) is 2.55. The number of nitrogens with zero attached hydrogens (tertiary/aromatic N) is 2. The van der Waals surface area contributed by atoms with Crippen LogP contribution in [0.4, 0.5) is 24.5 Å². The van der Waals surface area contributed by atoms with Crippen molar-refractivity contribution in [3.05, 3.63) is 52.8 Å². The summed E-state index contributed by atoms with van der Waals surface area (Å²) in [7, 11) is 3.77. The maximum absolute atomic E-state index is 12.8. The Balaban J connectivity index is 2.15. The topological polar surface area (TPSA) is 57.3 Å². The Hall–Kier alpha value is -2.32. The Morgan fingerprint density at radius 1 is 1.23 bits per heavy atom. The Labute approximate surface area is 154 Å². The van der Waals surface area contributed by atoms with Crippen LogP contribution in [0, 0.1) is 0 Å². The molecule has 1 heterocycles. The van der Waals surface area contributed by atoms with Gasteiger partial charge in [0.25, 0.3) is 5.91 Å². The molecule has 0 aliphatic heterocycles.